The fraction of sp³-hybridized carbons (Fsp3) is 0.615. The van der Waals surface area contributed by atoms with Gasteiger partial charge in [-0.15, -0.1) is 0 Å². The lowest BCUT2D eigenvalue weighted by molar-refractivity contribution is -0.158. The van der Waals surface area contributed by atoms with Gasteiger partial charge in [0, 0.05) is 20.1 Å². The molecule has 1 aliphatic rings. The molecule has 0 aliphatic heterocycles. The Kier molecular flexibility index (Phi) is 5.41. The van der Waals surface area contributed by atoms with E-state index in [0.717, 1.165) is 7.11 Å². The molecule has 0 saturated heterocycles. The molecule has 1 saturated carbocycles. The van der Waals surface area contributed by atoms with E-state index in [2.05, 4.69) is 0 Å². The number of Topliss-reactive ketones (excluding diaryl/α,β-unsaturated/α-hetero) is 4. The molecule has 1 rings (SSSR count). The molecule has 0 aromatic rings. The Labute approximate surface area is 115 Å². The average Bonchev–Trinajstić information content (AvgIpc) is 2.39. The minimum Gasteiger partial charge on any atom is -0.396 e. The molecule has 0 aromatic heterocycles. The van der Waals surface area contributed by atoms with E-state index < -0.39 is 47.0 Å². The molecule has 0 amide bonds. The third-order valence-electron chi connectivity index (χ3n) is 3.25. The molecule has 0 spiro atoms. The summed E-state index contributed by atoms with van der Waals surface area (Å²) in [7, 11) is 1.09. The van der Waals surface area contributed by atoms with Gasteiger partial charge in [-0.1, -0.05) is 6.92 Å². The number of rotatable bonds is 6. The summed E-state index contributed by atoms with van der Waals surface area (Å²) < 4.78 is 4.70. The van der Waals surface area contributed by atoms with Gasteiger partial charge in [-0.05, 0) is 5.92 Å². The number of methoxy groups -OCH3 is 1. The largest absolute Gasteiger partial charge is 0.396 e. The first-order valence-corrected chi connectivity index (χ1v) is 6.11. The second-order valence-corrected chi connectivity index (χ2v) is 4.83. The van der Waals surface area contributed by atoms with Crippen molar-refractivity contribution in [3.05, 3.63) is 0 Å². The quantitative estimate of drug-likeness (QED) is 0.478. The zero-order valence-electron chi connectivity index (χ0n) is 11.2. The SMILES string of the molecule is COC1C(=O)C(C=O)C(=O)C(C(=O)CC(C)CO)C1=O. The molecule has 0 bridgehead atoms. The molecule has 4 unspecified atom stereocenters. The second kappa shape index (κ2) is 6.62. The number of hydrogen-bond acceptors (Lipinski definition) is 7. The summed E-state index contributed by atoms with van der Waals surface area (Å²) in [6.07, 6.45) is -1.63. The standard InChI is InChI=1S/C13H16O7/c1-6(4-14)3-8(16)9-10(17)7(5-15)11(18)13(20-2)12(9)19/h5-7,9,13-14H,3-4H2,1-2H3. The number of carbonyl (C=O) groups is 5. The highest BCUT2D eigenvalue weighted by molar-refractivity contribution is 6.36. The van der Waals surface area contributed by atoms with Crippen molar-refractivity contribution in [3.63, 3.8) is 0 Å². The molecule has 1 aliphatic carbocycles. The highest BCUT2D eigenvalue weighted by Crippen LogP contribution is 2.24. The summed E-state index contributed by atoms with van der Waals surface area (Å²) in [5.41, 5.74) is 0. The van der Waals surface area contributed by atoms with Gasteiger partial charge in [-0.2, -0.15) is 0 Å². The number of hydrogen-bond donors (Lipinski definition) is 1. The van der Waals surface area contributed by atoms with E-state index in [9.17, 15) is 24.0 Å². The van der Waals surface area contributed by atoms with Crippen molar-refractivity contribution >= 4 is 29.4 Å². The minimum atomic E-state index is -1.66. The summed E-state index contributed by atoms with van der Waals surface area (Å²) in [5, 5.41) is 8.90. The monoisotopic (exact) mass is 284 g/mol. The lowest BCUT2D eigenvalue weighted by atomic mass is 9.74. The van der Waals surface area contributed by atoms with Gasteiger partial charge >= 0.3 is 0 Å². The summed E-state index contributed by atoms with van der Waals surface area (Å²) >= 11 is 0. The Hall–Kier alpha value is -1.73. The van der Waals surface area contributed by atoms with Gasteiger partial charge < -0.3 is 14.6 Å². The van der Waals surface area contributed by atoms with Crippen LogP contribution in [0.5, 0.6) is 0 Å². The summed E-state index contributed by atoms with van der Waals surface area (Å²) in [6, 6.07) is 0. The van der Waals surface area contributed by atoms with Crippen LogP contribution >= 0.6 is 0 Å². The molecule has 1 fully saturated rings. The summed E-state index contributed by atoms with van der Waals surface area (Å²) in [5.74, 6) is -7.30. The van der Waals surface area contributed by atoms with Crippen LogP contribution in [0.2, 0.25) is 0 Å². The number of aldehydes is 1. The highest BCUT2D eigenvalue weighted by Gasteiger charge is 2.52. The van der Waals surface area contributed by atoms with Crippen LogP contribution < -0.4 is 0 Å². The van der Waals surface area contributed by atoms with E-state index in [0.29, 0.717) is 0 Å². The van der Waals surface area contributed by atoms with Crippen molar-refractivity contribution < 1.29 is 33.8 Å². The molecule has 7 nitrogen and oxygen atoms in total. The zero-order chi connectivity index (χ0) is 15.4. The van der Waals surface area contributed by atoms with Crippen LogP contribution in [0, 0.1) is 17.8 Å². The maximum atomic E-state index is 12.0. The van der Waals surface area contributed by atoms with Crippen LogP contribution in [0.1, 0.15) is 13.3 Å². The Morgan fingerprint density at radius 2 is 1.90 bits per heavy atom. The topological polar surface area (TPSA) is 115 Å². The molecular formula is C13H16O7. The first kappa shape index (κ1) is 16.3. The molecule has 1 N–H and O–H groups in total. The van der Waals surface area contributed by atoms with Gasteiger partial charge in [0.05, 0.1) is 0 Å². The first-order chi connectivity index (χ1) is 9.38. The van der Waals surface area contributed by atoms with Crippen molar-refractivity contribution in [1.82, 2.24) is 0 Å². The third-order valence-corrected chi connectivity index (χ3v) is 3.25. The van der Waals surface area contributed by atoms with Gasteiger partial charge in [-0.25, -0.2) is 0 Å². The number of ketones is 4. The number of ether oxygens (including phenoxy) is 1. The zero-order valence-corrected chi connectivity index (χ0v) is 11.2. The van der Waals surface area contributed by atoms with Crippen LogP contribution in [-0.2, 0) is 28.7 Å². The molecule has 20 heavy (non-hydrogen) atoms. The number of aliphatic hydroxyl groups excluding tert-OH is 1. The van der Waals surface area contributed by atoms with E-state index in [-0.39, 0.29) is 19.3 Å². The average molecular weight is 284 g/mol. The Balaban J connectivity index is 3.07. The van der Waals surface area contributed by atoms with Crippen molar-refractivity contribution in [2.75, 3.05) is 13.7 Å². The lowest BCUT2D eigenvalue weighted by Crippen LogP contribution is -2.55. The second-order valence-electron chi connectivity index (χ2n) is 4.83. The van der Waals surface area contributed by atoms with E-state index in [1.54, 1.807) is 6.92 Å². The van der Waals surface area contributed by atoms with Crippen LogP contribution in [0.4, 0.5) is 0 Å². The lowest BCUT2D eigenvalue weighted by Gasteiger charge is -2.27. The van der Waals surface area contributed by atoms with Gasteiger partial charge in [0.2, 0.25) is 0 Å². The molecule has 0 aromatic carbocycles. The maximum absolute atomic E-state index is 12.0. The number of aliphatic hydroxyl groups is 1. The molecule has 0 radical (unpaired) electrons. The van der Waals surface area contributed by atoms with Crippen molar-refractivity contribution in [3.8, 4) is 0 Å². The molecule has 4 atom stereocenters. The van der Waals surface area contributed by atoms with Crippen LogP contribution in [0.25, 0.3) is 0 Å². The van der Waals surface area contributed by atoms with Crippen LogP contribution in [-0.4, -0.2) is 54.3 Å². The van der Waals surface area contributed by atoms with E-state index in [1.807, 2.05) is 0 Å². The van der Waals surface area contributed by atoms with Gasteiger partial charge in [0.15, 0.2) is 29.2 Å². The Morgan fingerprint density at radius 3 is 2.35 bits per heavy atom. The Bertz CT molecular complexity index is 454. The van der Waals surface area contributed by atoms with Gasteiger partial charge in [0.25, 0.3) is 0 Å². The van der Waals surface area contributed by atoms with Gasteiger partial charge in [-0.3, -0.25) is 19.2 Å². The molecule has 0 heterocycles. The minimum absolute atomic E-state index is 0.124. The fourth-order valence-corrected chi connectivity index (χ4v) is 2.12. The molecule has 110 valence electrons. The van der Waals surface area contributed by atoms with E-state index >= 15 is 0 Å². The third kappa shape index (κ3) is 2.88. The van der Waals surface area contributed by atoms with Crippen molar-refractivity contribution in [2.24, 2.45) is 17.8 Å². The smallest absolute Gasteiger partial charge is 0.187 e. The molecule has 7 heteroatoms. The Morgan fingerprint density at radius 1 is 1.30 bits per heavy atom. The molecular weight excluding hydrogens is 268 g/mol. The fourth-order valence-electron chi connectivity index (χ4n) is 2.12. The summed E-state index contributed by atoms with van der Waals surface area (Å²) in [6.45, 7) is 1.30. The normalized spacial score (nSPS) is 28.4. The number of carbonyl (C=O) groups excluding carboxylic acids is 5. The predicted octanol–water partition coefficient (Wildman–Crippen LogP) is -1.26. The van der Waals surface area contributed by atoms with Crippen molar-refractivity contribution in [2.45, 2.75) is 19.4 Å². The van der Waals surface area contributed by atoms with Crippen molar-refractivity contribution in [1.29, 1.82) is 0 Å². The van der Waals surface area contributed by atoms with E-state index in [4.69, 9.17) is 9.84 Å². The van der Waals surface area contributed by atoms with E-state index in [1.165, 1.54) is 0 Å². The maximum Gasteiger partial charge on any atom is 0.187 e. The van der Waals surface area contributed by atoms with Gasteiger partial charge in [0.1, 0.15) is 18.1 Å². The van der Waals surface area contributed by atoms with Crippen LogP contribution in [0.3, 0.4) is 0 Å². The predicted molar refractivity (Wildman–Crippen MR) is 64.7 cm³/mol. The van der Waals surface area contributed by atoms with Crippen LogP contribution in [0.15, 0.2) is 0 Å². The first-order valence-electron chi connectivity index (χ1n) is 6.11. The highest BCUT2D eigenvalue weighted by atomic mass is 16.5. The summed E-state index contributed by atoms with van der Waals surface area (Å²) in [4.78, 5) is 58.4.